The van der Waals surface area contributed by atoms with Gasteiger partial charge >= 0.3 is 11.9 Å². The van der Waals surface area contributed by atoms with Crippen LogP contribution in [0.4, 0.5) is 0 Å². The fraction of sp³-hybridized carbons (Fsp3) is 0.364. The molecule has 0 fully saturated rings. The molecular weight excluding hydrogens is 376 g/mol. The molecule has 0 aromatic heterocycles. The van der Waals surface area contributed by atoms with Crippen molar-refractivity contribution in [3.05, 3.63) is 65.2 Å². The normalized spacial score (nSPS) is 11.5. The van der Waals surface area contributed by atoms with Gasteiger partial charge in [0.05, 0.1) is 33.3 Å². The van der Waals surface area contributed by atoms with Gasteiger partial charge in [-0.2, -0.15) is 11.8 Å². The maximum Gasteiger partial charge on any atom is 0.338 e. The van der Waals surface area contributed by atoms with E-state index in [-0.39, 0.29) is 17.2 Å². The Labute approximate surface area is 170 Å². The van der Waals surface area contributed by atoms with Gasteiger partial charge in [0.25, 0.3) is 0 Å². The highest BCUT2D eigenvalue weighted by Gasteiger charge is 2.17. The first-order valence-electron chi connectivity index (χ1n) is 9.07. The zero-order valence-electron chi connectivity index (χ0n) is 16.5. The predicted molar refractivity (Wildman–Crippen MR) is 111 cm³/mol. The van der Waals surface area contributed by atoms with Crippen molar-refractivity contribution in [2.45, 2.75) is 24.5 Å². The summed E-state index contributed by atoms with van der Waals surface area (Å²) in [5.74, 6) is 0.915. The quantitative estimate of drug-likeness (QED) is 0.547. The lowest BCUT2D eigenvalue weighted by molar-refractivity contribution is -0.140. The van der Waals surface area contributed by atoms with E-state index in [9.17, 15) is 9.59 Å². The Balaban J connectivity index is 2.15. The van der Waals surface area contributed by atoms with E-state index >= 15 is 0 Å². The molecule has 0 aliphatic carbocycles. The van der Waals surface area contributed by atoms with Crippen LogP contribution < -0.4 is 4.74 Å². The van der Waals surface area contributed by atoms with Crippen LogP contribution in [0.2, 0.25) is 0 Å². The van der Waals surface area contributed by atoms with E-state index in [1.807, 2.05) is 36.4 Å². The summed E-state index contributed by atoms with van der Waals surface area (Å²) in [6.45, 7) is 0. The number of carbonyl (C=O) groups excluding carboxylic acids is 2. The molecular formula is C22H26O5S. The van der Waals surface area contributed by atoms with E-state index in [1.54, 1.807) is 24.9 Å². The van der Waals surface area contributed by atoms with Gasteiger partial charge < -0.3 is 14.2 Å². The van der Waals surface area contributed by atoms with E-state index in [1.165, 1.54) is 14.2 Å². The van der Waals surface area contributed by atoms with E-state index in [2.05, 4.69) is 6.07 Å². The molecule has 2 rings (SSSR count). The molecule has 0 saturated carbocycles. The molecule has 1 unspecified atom stereocenters. The Hall–Kier alpha value is -2.47. The largest absolute Gasteiger partial charge is 0.497 e. The molecule has 150 valence electrons. The lowest BCUT2D eigenvalue weighted by Crippen LogP contribution is -2.07. The molecule has 0 bridgehead atoms. The second kappa shape index (κ2) is 11.4. The molecule has 0 N–H and O–H groups in total. The average molecular weight is 403 g/mol. The van der Waals surface area contributed by atoms with Crippen LogP contribution in [0, 0.1) is 0 Å². The van der Waals surface area contributed by atoms with Gasteiger partial charge in [0.2, 0.25) is 0 Å². The smallest absolute Gasteiger partial charge is 0.338 e. The van der Waals surface area contributed by atoms with E-state index in [0.29, 0.717) is 17.7 Å². The first kappa shape index (κ1) is 21.8. The molecule has 2 aromatic carbocycles. The molecule has 0 aliphatic rings. The van der Waals surface area contributed by atoms with Crippen LogP contribution in [0.3, 0.4) is 0 Å². The number of methoxy groups -OCH3 is 3. The number of esters is 2. The molecule has 5 nitrogen and oxygen atoms in total. The molecule has 0 aliphatic heterocycles. The minimum atomic E-state index is -0.327. The molecule has 0 heterocycles. The first-order valence-corrected chi connectivity index (χ1v) is 10.1. The molecule has 0 amide bonds. The Morgan fingerprint density at radius 1 is 1.00 bits per heavy atom. The van der Waals surface area contributed by atoms with Gasteiger partial charge in [-0.25, -0.2) is 4.79 Å². The van der Waals surface area contributed by atoms with E-state index in [4.69, 9.17) is 14.2 Å². The Kier molecular flexibility index (Phi) is 8.88. The average Bonchev–Trinajstić information content (AvgIpc) is 2.75. The van der Waals surface area contributed by atoms with Crippen molar-refractivity contribution in [1.82, 2.24) is 0 Å². The van der Waals surface area contributed by atoms with Crippen LogP contribution in [-0.2, 0) is 20.7 Å². The predicted octanol–water partition coefficient (Wildman–Crippen LogP) is 4.45. The molecule has 0 spiro atoms. The summed E-state index contributed by atoms with van der Waals surface area (Å²) in [7, 11) is 4.43. The number of carbonyl (C=O) groups is 2. The van der Waals surface area contributed by atoms with Crippen molar-refractivity contribution in [1.29, 1.82) is 0 Å². The Morgan fingerprint density at radius 3 is 2.50 bits per heavy atom. The zero-order valence-corrected chi connectivity index (χ0v) is 17.3. The van der Waals surface area contributed by atoms with Gasteiger partial charge in [-0.1, -0.05) is 30.3 Å². The second-order valence-corrected chi connectivity index (χ2v) is 7.46. The topological polar surface area (TPSA) is 61.8 Å². The van der Waals surface area contributed by atoms with Gasteiger partial charge in [-0.3, -0.25) is 4.79 Å². The molecule has 1 atom stereocenters. The molecule has 28 heavy (non-hydrogen) atoms. The van der Waals surface area contributed by atoms with Crippen molar-refractivity contribution in [2.24, 2.45) is 0 Å². The van der Waals surface area contributed by atoms with Crippen molar-refractivity contribution >= 4 is 23.7 Å². The molecule has 0 radical (unpaired) electrons. The van der Waals surface area contributed by atoms with Crippen LogP contribution in [0.15, 0.2) is 48.5 Å². The fourth-order valence-corrected chi connectivity index (χ4v) is 4.10. The third-order valence-electron chi connectivity index (χ3n) is 4.42. The number of aryl methyl sites for hydroxylation is 1. The third-order valence-corrected chi connectivity index (χ3v) is 5.77. The highest BCUT2D eigenvalue weighted by molar-refractivity contribution is 7.99. The third kappa shape index (κ3) is 6.30. The van der Waals surface area contributed by atoms with Crippen molar-refractivity contribution in [3.8, 4) is 5.75 Å². The fourth-order valence-electron chi connectivity index (χ4n) is 2.91. The van der Waals surface area contributed by atoms with Crippen molar-refractivity contribution < 1.29 is 23.8 Å². The van der Waals surface area contributed by atoms with Crippen LogP contribution >= 0.6 is 11.8 Å². The standard InChI is InChI=1S/C22H26O5S/c1-25-18-9-6-8-17(15-18)20(28-14-13-21(23)26-2)12-11-16-7-4-5-10-19(16)22(24)27-3/h4-10,15,20H,11-14H2,1-3H3. The molecule has 0 saturated heterocycles. The highest BCUT2D eigenvalue weighted by Crippen LogP contribution is 2.35. The molecule has 6 heteroatoms. The minimum Gasteiger partial charge on any atom is -0.497 e. The molecule has 2 aromatic rings. The first-order chi connectivity index (χ1) is 13.6. The number of thioether (sulfide) groups is 1. The van der Waals surface area contributed by atoms with Gasteiger partial charge in [-0.15, -0.1) is 0 Å². The maximum absolute atomic E-state index is 12.0. The number of hydrogen-bond acceptors (Lipinski definition) is 6. The van der Waals surface area contributed by atoms with Crippen LogP contribution in [-0.4, -0.2) is 39.0 Å². The van der Waals surface area contributed by atoms with Crippen LogP contribution in [0.5, 0.6) is 5.75 Å². The number of ether oxygens (including phenoxy) is 3. The van der Waals surface area contributed by atoms with Gasteiger partial charge in [0.1, 0.15) is 5.75 Å². The van der Waals surface area contributed by atoms with Gasteiger partial charge in [0, 0.05) is 11.0 Å². The van der Waals surface area contributed by atoms with Crippen molar-refractivity contribution in [3.63, 3.8) is 0 Å². The summed E-state index contributed by atoms with van der Waals surface area (Å²) >= 11 is 1.70. The number of hydrogen-bond donors (Lipinski definition) is 0. The van der Waals surface area contributed by atoms with Gasteiger partial charge in [0.15, 0.2) is 0 Å². The second-order valence-electron chi connectivity index (χ2n) is 6.15. The minimum absolute atomic E-state index is 0.158. The lowest BCUT2D eigenvalue weighted by atomic mass is 9.99. The monoisotopic (exact) mass is 402 g/mol. The summed E-state index contributed by atoms with van der Waals surface area (Å²) in [6, 6.07) is 15.4. The summed E-state index contributed by atoms with van der Waals surface area (Å²) in [6.07, 6.45) is 1.89. The van der Waals surface area contributed by atoms with Crippen LogP contribution in [0.1, 0.15) is 39.6 Å². The summed E-state index contributed by atoms with van der Waals surface area (Å²) in [4.78, 5) is 23.5. The number of rotatable bonds is 10. The zero-order chi connectivity index (χ0) is 20.4. The number of benzene rings is 2. The van der Waals surface area contributed by atoms with Crippen LogP contribution in [0.25, 0.3) is 0 Å². The Morgan fingerprint density at radius 2 is 1.79 bits per heavy atom. The highest BCUT2D eigenvalue weighted by atomic mass is 32.2. The summed E-state index contributed by atoms with van der Waals surface area (Å²) in [5, 5.41) is 0.158. The van der Waals surface area contributed by atoms with E-state index in [0.717, 1.165) is 29.7 Å². The lowest BCUT2D eigenvalue weighted by Gasteiger charge is -2.18. The summed E-state index contributed by atoms with van der Waals surface area (Å²) in [5.41, 5.74) is 2.68. The summed E-state index contributed by atoms with van der Waals surface area (Å²) < 4.78 is 15.0. The maximum atomic E-state index is 12.0. The SMILES string of the molecule is COC(=O)CCSC(CCc1ccccc1C(=O)OC)c1cccc(OC)c1. The van der Waals surface area contributed by atoms with E-state index < -0.39 is 0 Å². The van der Waals surface area contributed by atoms with Crippen molar-refractivity contribution in [2.75, 3.05) is 27.1 Å². The van der Waals surface area contributed by atoms with Gasteiger partial charge in [-0.05, 0) is 42.2 Å². The Bertz CT molecular complexity index is 790.